The van der Waals surface area contributed by atoms with Gasteiger partial charge in [0, 0.05) is 13.1 Å². The third kappa shape index (κ3) is 2.53. The van der Waals surface area contributed by atoms with Crippen LogP contribution in [0.15, 0.2) is 47.8 Å². The number of nitrogens with zero attached hydrogens (tertiary/aromatic N) is 1. The van der Waals surface area contributed by atoms with Gasteiger partial charge in [-0.25, -0.2) is 0 Å². The molecule has 0 radical (unpaired) electrons. The molecule has 3 aromatic rings. The smallest absolute Gasteiger partial charge is 0.318 e. The molecule has 0 aliphatic carbocycles. The Kier molecular flexibility index (Phi) is 3.84. The van der Waals surface area contributed by atoms with Crippen LogP contribution in [0.5, 0.6) is 0 Å². The Morgan fingerprint density at radius 1 is 1.24 bits per heavy atom. The van der Waals surface area contributed by atoms with Gasteiger partial charge in [0.15, 0.2) is 0 Å². The average molecular weight is 354 g/mol. The van der Waals surface area contributed by atoms with Crippen LogP contribution in [-0.4, -0.2) is 42.0 Å². The van der Waals surface area contributed by atoms with Crippen LogP contribution in [0.1, 0.15) is 22.5 Å². The number of aromatic nitrogens is 1. The van der Waals surface area contributed by atoms with Crippen LogP contribution in [0.3, 0.4) is 0 Å². The van der Waals surface area contributed by atoms with E-state index >= 15 is 0 Å². The summed E-state index contributed by atoms with van der Waals surface area (Å²) in [5.74, 6) is -0.369. The number of aromatic amines is 1. The van der Waals surface area contributed by atoms with Crippen molar-refractivity contribution in [3.05, 3.63) is 59.1 Å². The van der Waals surface area contributed by atoms with E-state index in [9.17, 15) is 9.59 Å². The maximum absolute atomic E-state index is 12.9. The van der Waals surface area contributed by atoms with Crippen molar-refractivity contribution in [1.29, 1.82) is 0 Å². The van der Waals surface area contributed by atoms with E-state index in [1.54, 1.807) is 16.2 Å². The number of likely N-dealkylation sites (tertiary alicyclic amines) is 1. The summed E-state index contributed by atoms with van der Waals surface area (Å²) < 4.78 is 6.14. The van der Waals surface area contributed by atoms with Crippen molar-refractivity contribution < 1.29 is 14.3 Å². The topological polar surface area (TPSA) is 62.4 Å². The number of benzene rings is 1. The minimum atomic E-state index is -0.796. The number of thiophene rings is 1. The Bertz CT molecular complexity index is 902. The third-order valence-corrected chi connectivity index (χ3v) is 5.79. The Morgan fingerprint density at radius 2 is 2.04 bits per heavy atom. The molecule has 1 saturated heterocycles. The van der Waals surface area contributed by atoms with Gasteiger partial charge in [0.25, 0.3) is 5.91 Å². The van der Waals surface area contributed by atoms with Crippen molar-refractivity contribution in [1.82, 2.24) is 9.88 Å². The number of rotatable bonds is 3. The third-order valence-electron chi connectivity index (χ3n) is 4.93. The van der Waals surface area contributed by atoms with Crippen molar-refractivity contribution in [2.75, 3.05) is 20.2 Å². The average Bonchev–Trinajstić information content (AvgIpc) is 3.36. The maximum atomic E-state index is 12.9. The molecule has 0 bridgehead atoms. The summed E-state index contributed by atoms with van der Waals surface area (Å²) in [7, 11) is 1.40. The quantitative estimate of drug-likeness (QED) is 0.735. The molecule has 0 spiro atoms. The molecule has 3 heterocycles. The summed E-state index contributed by atoms with van der Waals surface area (Å²) >= 11 is 1.60. The number of fused-ring (bicyclic) bond motifs is 1. The zero-order valence-electron chi connectivity index (χ0n) is 13.8. The second-order valence-electron chi connectivity index (χ2n) is 6.30. The number of carbonyl (C=O) groups is 2. The minimum absolute atomic E-state index is 0.0786. The number of nitrogens with one attached hydrogen (secondary N) is 1. The number of carbonyl (C=O) groups excluding carboxylic acids is 2. The number of amides is 1. The van der Waals surface area contributed by atoms with Crippen LogP contribution < -0.4 is 0 Å². The molecule has 25 heavy (non-hydrogen) atoms. The van der Waals surface area contributed by atoms with Crippen molar-refractivity contribution in [2.24, 2.45) is 0 Å². The number of ether oxygens (including phenoxy) is 1. The van der Waals surface area contributed by atoms with E-state index in [4.69, 9.17) is 4.74 Å². The van der Waals surface area contributed by atoms with E-state index in [0.717, 1.165) is 15.8 Å². The summed E-state index contributed by atoms with van der Waals surface area (Å²) in [5, 5.41) is 1.99. The lowest BCUT2D eigenvalue weighted by Gasteiger charge is -2.27. The van der Waals surface area contributed by atoms with Gasteiger partial charge < -0.3 is 14.6 Å². The first-order valence-electron chi connectivity index (χ1n) is 8.13. The van der Waals surface area contributed by atoms with Gasteiger partial charge >= 0.3 is 5.97 Å². The maximum Gasteiger partial charge on any atom is 0.318 e. The van der Waals surface area contributed by atoms with Crippen LogP contribution >= 0.6 is 11.3 Å². The number of H-pyrrole nitrogens is 1. The van der Waals surface area contributed by atoms with Crippen molar-refractivity contribution in [3.63, 3.8) is 0 Å². The number of hydrogen-bond donors (Lipinski definition) is 1. The highest BCUT2D eigenvalue weighted by Gasteiger charge is 2.48. The molecule has 1 aromatic carbocycles. The van der Waals surface area contributed by atoms with Gasteiger partial charge in [-0.1, -0.05) is 30.3 Å². The highest BCUT2D eigenvalue weighted by Crippen LogP contribution is 2.36. The van der Waals surface area contributed by atoms with Crippen LogP contribution in [0.25, 0.3) is 10.2 Å². The minimum Gasteiger partial charge on any atom is -0.468 e. The summed E-state index contributed by atoms with van der Waals surface area (Å²) in [5.41, 5.74) is 1.63. The molecule has 1 unspecified atom stereocenters. The fraction of sp³-hybridized carbons (Fsp3) is 0.263. The molecule has 1 atom stereocenters. The van der Waals surface area contributed by atoms with Crippen LogP contribution in [-0.2, 0) is 14.9 Å². The molecule has 1 amide bonds. The van der Waals surface area contributed by atoms with E-state index in [2.05, 4.69) is 4.98 Å². The first-order chi connectivity index (χ1) is 12.1. The lowest BCUT2D eigenvalue weighted by Crippen LogP contribution is -2.41. The molecular weight excluding hydrogens is 336 g/mol. The van der Waals surface area contributed by atoms with Gasteiger partial charge in [0.05, 0.1) is 17.3 Å². The first-order valence-corrected chi connectivity index (χ1v) is 9.01. The standard InChI is InChI=1S/C19H18N2O3S/c1-24-18(23)19(13-5-3-2-4-6-13)8-9-21(12-19)17(22)15-11-16-14(20-15)7-10-25-16/h2-7,10-11,20H,8-9,12H2,1H3. The van der Waals surface area contributed by atoms with E-state index in [1.807, 2.05) is 47.8 Å². The lowest BCUT2D eigenvalue weighted by atomic mass is 9.79. The van der Waals surface area contributed by atoms with Crippen molar-refractivity contribution >= 4 is 33.4 Å². The molecule has 4 rings (SSSR count). The molecule has 5 nitrogen and oxygen atoms in total. The van der Waals surface area contributed by atoms with Crippen LogP contribution in [0, 0.1) is 0 Å². The Morgan fingerprint density at radius 3 is 2.76 bits per heavy atom. The summed E-state index contributed by atoms with van der Waals surface area (Å²) in [6.45, 7) is 0.852. The lowest BCUT2D eigenvalue weighted by molar-refractivity contribution is -0.147. The van der Waals surface area contributed by atoms with Gasteiger partial charge in [-0.3, -0.25) is 9.59 Å². The monoisotopic (exact) mass is 354 g/mol. The van der Waals surface area contributed by atoms with E-state index < -0.39 is 5.41 Å². The van der Waals surface area contributed by atoms with Gasteiger partial charge in [-0.05, 0) is 29.5 Å². The number of methoxy groups -OCH3 is 1. The summed E-state index contributed by atoms with van der Waals surface area (Å²) in [4.78, 5) is 30.4. The van der Waals surface area contributed by atoms with Crippen molar-refractivity contribution in [3.8, 4) is 0 Å². The van der Waals surface area contributed by atoms with Gasteiger partial charge in [0.2, 0.25) is 0 Å². The highest BCUT2D eigenvalue weighted by molar-refractivity contribution is 7.17. The molecule has 1 aliphatic heterocycles. The van der Waals surface area contributed by atoms with Crippen molar-refractivity contribution in [2.45, 2.75) is 11.8 Å². The molecular formula is C19H18N2O3S. The highest BCUT2D eigenvalue weighted by atomic mass is 32.1. The molecule has 6 heteroatoms. The molecule has 0 saturated carbocycles. The number of hydrogen-bond acceptors (Lipinski definition) is 4. The Labute approximate surface area is 149 Å². The second-order valence-corrected chi connectivity index (χ2v) is 7.25. The second kappa shape index (κ2) is 6.04. The predicted octanol–water partition coefficient (Wildman–Crippen LogP) is 3.19. The molecule has 128 valence electrons. The van der Waals surface area contributed by atoms with Gasteiger partial charge in [0.1, 0.15) is 11.1 Å². The molecule has 2 aromatic heterocycles. The SMILES string of the molecule is COC(=O)C1(c2ccccc2)CCN(C(=O)c2cc3sccc3[nH]2)C1. The Balaban J connectivity index is 1.64. The van der Waals surface area contributed by atoms with Gasteiger partial charge in [-0.2, -0.15) is 0 Å². The summed E-state index contributed by atoms with van der Waals surface area (Å²) in [6, 6.07) is 13.4. The zero-order chi connectivity index (χ0) is 17.4. The van der Waals surface area contributed by atoms with Crippen LogP contribution in [0.2, 0.25) is 0 Å². The fourth-order valence-corrected chi connectivity index (χ4v) is 4.37. The predicted molar refractivity (Wildman–Crippen MR) is 96.8 cm³/mol. The van der Waals surface area contributed by atoms with Gasteiger partial charge in [-0.15, -0.1) is 11.3 Å². The zero-order valence-corrected chi connectivity index (χ0v) is 14.6. The van der Waals surface area contributed by atoms with E-state index in [-0.39, 0.29) is 11.9 Å². The Hall–Kier alpha value is -2.60. The summed E-state index contributed by atoms with van der Waals surface area (Å²) in [6.07, 6.45) is 0.560. The molecule has 1 aliphatic rings. The largest absolute Gasteiger partial charge is 0.468 e. The molecule has 1 fully saturated rings. The van der Waals surface area contributed by atoms with E-state index in [0.29, 0.717) is 25.2 Å². The molecule has 1 N–H and O–H groups in total. The first kappa shape index (κ1) is 15.9. The normalized spacial score (nSPS) is 20.1. The fourth-order valence-electron chi connectivity index (χ4n) is 3.59. The van der Waals surface area contributed by atoms with Crippen LogP contribution in [0.4, 0.5) is 0 Å². The van der Waals surface area contributed by atoms with E-state index in [1.165, 1.54) is 7.11 Å². The number of esters is 1.